The number of aliphatic hydroxyl groups excluding tert-OH is 1. The van der Waals surface area contributed by atoms with Crippen molar-refractivity contribution in [3.05, 3.63) is 53.1 Å². The van der Waals surface area contributed by atoms with Crippen molar-refractivity contribution in [2.24, 2.45) is 0 Å². The molecule has 2 aromatic carbocycles. The molecule has 1 heterocycles. The normalized spacial score (nSPS) is 11.4. The Balaban J connectivity index is 1.99. The number of pyridine rings is 1. The molecule has 152 valence electrons. The highest BCUT2D eigenvalue weighted by atomic mass is 16.5. The number of aliphatic hydroxyl groups is 1. The SMILES string of the molecule is COc1ccc2c(c1OC)Cc1c-2nc(N)c(C#N)c1-c1ccccc1OCCO. The summed E-state index contributed by atoms with van der Waals surface area (Å²) in [7, 11) is 3.19. The molecule has 0 spiro atoms. The van der Waals surface area contributed by atoms with Gasteiger partial charge in [-0.1, -0.05) is 18.2 Å². The van der Waals surface area contributed by atoms with Gasteiger partial charge in [-0.05, 0) is 23.8 Å². The Morgan fingerprint density at radius 3 is 2.57 bits per heavy atom. The van der Waals surface area contributed by atoms with Crippen molar-refractivity contribution in [3.63, 3.8) is 0 Å². The number of hydrogen-bond donors (Lipinski definition) is 2. The highest BCUT2D eigenvalue weighted by molar-refractivity contribution is 5.91. The number of nitrogens with two attached hydrogens (primary N) is 1. The Labute approximate surface area is 174 Å². The first-order chi connectivity index (χ1) is 14.6. The number of nitrogens with zero attached hydrogens (tertiary/aromatic N) is 2. The van der Waals surface area contributed by atoms with Crippen LogP contribution in [0, 0.1) is 11.3 Å². The first kappa shape index (κ1) is 19.6. The van der Waals surface area contributed by atoms with Crippen LogP contribution < -0.4 is 19.9 Å². The van der Waals surface area contributed by atoms with Crippen molar-refractivity contribution in [2.75, 3.05) is 33.2 Å². The standard InChI is InChI=1S/C23H21N3O4/c1-28-19-8-7-13-15(22(19)29-2)11-16-20(17(12-24)23(25)26-21(13)16)14-5-3-4-6-18(14)30-10-9-27/h3-8,27H,9-11H2,1-2H3,(H2,25,26). The highest BCUT2D eigenvalue weighted by Gasteiger charge is 2.31. The van der Waals surface area contributed by atoms with Crippen LogP contribution in [-0.2, 0) is 6.42 Å². The summed E-state index contributed by atoms with van der Waals surface area (Å²) in [5, 5.41) is 19.0. The van der Waals surface area contributed by atoms with E-state index in [-0.39, 0.29) is 19.0 Å². The maximum Gasteiger partial charge on any atom is 0.164 e. The zero-order chi connectivity index (χ0) is 21.3. The molecule has 0 saturated heterocycles. The van der Waals surface area contributed by atoms with Gasteiger partial charge in [0.05, 0.1) is 26.5 Å². The predicted octanol–water partition coefficient (Wildman–Crippen LogP) is 3.16. The van der Waals surface area contributed by atoms with Gasteiger partial charge in [-0.15, -0.1) is 0 Å². The molecular formula is C23H21N3O4. The number of fused-ring (bicyclic) bond motifs is 3. The average molecular weight is 403 g/mol. The third kappa shape index (κ3) is 2.98. The fraction of sp³-hybridized carbons (Fsp3) is 0.217. The van der Waals surface area contributed by atoms with Gasteiger partial charge in [0.2, 0.25) is 0 Å². The summed E-state index contributed by atoms with van der Waals surface area (Å²) in [5.74, 6) is 1.99. The van der Waals surface area contributed by atoms with Crippen molar-refractivity contribution < 1.29 is 19.3 Å². The highest BCUT2D eigenvalue weighted by Crippen LogP contribution is 2.49. The number of aromatic nitrogens is 1. The quantitative estimate of drug-likeness (QED) is 0.509. The molecule has 0 atom stereocenters. The Morgan fingerprint density at radius 2 is 1.87 bits per heavy atom. The minimum atomic E-state index is -0.113. The largest absolute Gasteiger partial charge is 0.493 e. The molecule has 0 radical (unpaired) electrons. The summed E-state index contributed by atoms with van der Waals surface area (Å²) >= 11 is 0. The summed E-state index contributed by atoms with van der Waals surface area (Å²) in [6.07, 6.45) is 0.511. The van der Waals surface area contributed by atoms with Gasteiger partial charge in [-0.3, -0.25) is 0 Å². The molecule has 0 saturated carbocycles. The molecule has 4 rings (SSSR count). The number of methoxy groups -OCH3 is 2. The van der Waals surface area contributed by atoms with E-state index < -0.39 is 0 Å². The van der Waals surface area contributed by atoms with Crippen LogP contribution >= 0.6 is 0 Å². The molecular weight excluding hydrogens is 382 g/mol. The number of benzene rings is 2. The maximum atomic E-state index is 9.86. The van der Waals surface area contributed by atoms with Crippen LogP contribution in [0.1, 0.15) is 16.7 Å². The van der Waals surface area contributed by atoms with Crippen LogP contribution in [-0.4, -0.2) is 37.5 Å². The van der Waals surface area contributed by atoms with Gasteiger partial charge in [-0.25, -0.2) is 4.98 Å². The van der Waals surface area contributed by atoms with Gasteiger partial charge >= 0.3 is 0 Å². The number of anilines is 1. The van der Waals surface area contributed by atoms with Crippen LogP contribution in [0.2, 0.25) is 0 Å². The molecule has 7 heteroatoms. The molecule has 0 fully saturated rings. The van der Waals surface area contributed by atoms with Gasteiger partial charge in [0.25, 0.3) is 0 Å². The minimum Gasteiger partial charge on any atom is -0.493 e. The maximum absolute atomic E-state index is 9.86. The molecule has 1 aliphatic rings. The molecule has 1 aliphatic carbocycles. The summed E-state index contributed by atoms with van der Waals surface area (Å²) in [5.41, 5.74) is 11.3. The van der Waals surface area contributed by atoms with E-state index in [9.17, 15) is 10.4 Å². The molecule has 0 amide bonds. The molecule has 3 N–H and O–H groups in total. The minimum absolute atomic E-state index is 0.113. The van der Waals surface area contributed by atoms with Crippen LogP contribution in [0.15, 0.2) is 36.4 Å². The van der Waals surface area contributed by atoms with E-state index in [1.165, 1.54) is 0 Å². The zero-order valence-corrected chi connectivity index (χ0v) is 16.7. The average Bonchev–Trinajstić information content (AvgIpc) is 3.14. The molecule has 0 bridgehead atoms. The summed E-state index contributed by atoms with van der Waals surface area (Å²) < 4.78 is 16.8. The number of nitriles is 1. The first-order valence-corrected chi connectivity index (χ1v) is 9.44. The predicted molar refractivity (Wildman–Crippen MR) is 113 cm³/mol. The van der Waals surface area contributed by atoms with Crippen LogP contribution in [0.4, 0.5) is 5.82 Å². The molecule has 0 unspecified atom stereocenters. The fourth-order valence-electron chi connectivity index (χ4n) is 3.97. The lowest BCUT2D eigenvalue weighted by molar-refractivity contribution is 0.202. The van der Waals surface area contributed by atoms with Crippen molar-refractivity contribution in [1.29, 1.82) is 5.26 Å². The van der Waals surface area contributed by atoms with Crippen LogP contribution in [0.3, 0.4) is 0 Å². The van der Waals surface area contributed by atoms with Gasteiger partial charge in [0, 0.05) is 28.7 Å². The topological polar surface area (TPSA) is 111 Å². The van der Waals surface area contributed by atoms with Gasteiger partial charge in [0.15, 0.2) is 11.5 Å². The molecule has 0 aliphatic heterocycles. The monoisotopic (exact) mass is 403 g/mol. The Kier molecular flexibility index (Phi) is 5.17. The van der Waals surface area contributed by atoms with Gasteiger partial charge < -0.3 is 25.1 Å². The molecule has 7 nitrogen and oxygen atoms in total. The van der Waals surface area contributed by atoms with E-state index >= 15 is 0 Å². The number of para-hydroxylation sites is 1. The summed E-state index contributed by atoms with van der Waals surface area (Å²) in [4.78, 5) is 4.55. The third-order valence-electron chi connectivity index (χ3n) is 5.20. The van der Waals surface area contributed by atoms with E-state index in [0.29, 0.717) is 34.8 Å². The second kappa shape index (κ2) is 7.93. The summed E-state index contributed by atoms with van der Waals surface area (Å²) in [6, 6.07) is 13.4. The molecule has 3 aromatic rings. The molecule has 30 heavy (non-hydrogen) atoms. The van der Waals surface area contributed by atoms with E-state index in [2.05, 4.69) is 11.1 Å². The first-order valence-electron chi connectivity index (χ1n) is 9.44. The number of hydrogen-bond acceptors (Lipinski definition) is 7. The van der Waals surface area contributed by atoms with Crippen molar-refractivity contribution in [2.45, 2.75) is 6.42 Å². The Morgan fingerprint density at radius 1 is 1.07 bits per heavy atom. The van der Waals surface area contributed by atoms with Crippen molar-refractivity contribution in [3.8, 4) is 45.7 Å². The second-order valence-electron chi connectivity index (χ2n) is 6.76. The number of nitrogen functional groups attached to an aromatic ring is 1. The lowest BCUT2D eigenvalue weighted by Crippen LogP contribution is -2.06. The number of ether oxygens (including phenoxy) is 3. The van der Waals surface area contributed by atoms with E-state index in [4.69, 9.17) is 19.9 Å². The number of rotatable bonds is 6. The van der Waals surface area contributed by atoms with Gasteiger partial charge in [-0.2, -0.15) is 5.26 Å². The lowest BCUT2D eigenvalue weighted by Gasteiger charge is -2.16. The molecule has 1 aromatic heterocycles. The van der Waals surface area contributed by atoms with Crippen molar-refractivity contribution in [1.82, 2.24) is 4.98 Å². The van der Waals surface area contributed by atoms with E-state index in [1.54, 1.807) is 20.3 Å². The van der Waals surface area contributed by atoms with Crippen LogP contribution in [0.25, 0.3) is 22.4 Å². The van der Waals surface area contributed by atoms with Crippen molar-refractivity contribution >= 4 is 5.82 Å². The lowest BCUT2D eigenvalue weighted by atomic mass is 9.93. The van der Waals surface area contributed by atoms with E-state index in [1.807, 2.05) is 30.3 Å². The fourth-order valence-corrected chi connectivity index (χ4v) is 3.97. The Hall–Kier alpha value is -3.76. The third-order valence-corrected chi connectivity index (χ3v) is 5.20. The second-order valence-corrected chi connectivity index (χ2v) is 6.76. The zero-order valence-electron chi connectivity index (χ0n) is 16.7. The smallest absolute Gasteiger partial charge is 0.164 e. The summed E-state index contributed by atoms with van der Waals surface area (Å²) in [6.45, 7) is 0.0331. The van der Waals surface area contributed by atoms with Gasteiger partial charge in [0.1, 0.15) is 29.8 Å². The van der Waals surface area contributed by atoms with E-state index in [0.717, 1.165) is 27.9 Å². The Bertz CT molecular complexity index is 1170. The van der Waals surface area contributed by atoms with Crippen LogP contribution in [0.5, 0.6) is 17.2 Å².